The average molecular weight is 277 g/mol. The van der Waals surface area contributed by atoms with Crippen LogP contribution in [-0.4, -0.2) is 24.8 Å². The molecule has 2 fully saturated rings. The monoisotopic (exact) mass is 277 g/mol. The lowest BCUT2D eigenvalue weighted by molar-refractivity contribution is 0.0465. The molecule has 1 saturated carbocycles. The van der Waals surface area contributed by atoms with E-state index >= 15 is 0 Å². The van der Waals surface area contributed by atoms with Gasteiger partial charge in [0.2, 0.25) is 0 Å². The Balaban J connectivity index is 1.63. The van der Waals surface area contributed by atoms with Crippen molar-refractivity contribution >= 4 is 0 Å². The Morgan fingerprint density at radius 3 is 2.55 bits per heavy atom. The molecular weight excluding hydrogens is 253 g/mol. The fraction of sp³-hybridized carbons (Fsp3) is 0.647. The van der Waals surface area contributed by atoms with Gasteiger partial charge >= 0.3 is 0 Å². The van der Waals surface area contributed by atoms with Crippen LogP contribution >= 0.6 is 0 Å². The molecule has 0 amide bonds. The second-order valence-electron chi connectivity index (χ2n) is 6.31. The summed E-state index contributed by atoms with van der Waals surface area (Å²) in [6.07, 6.45) is 6.71. The highest BCUT2D eigenvalue weighted by Crippen LogP contribution is 2.30. The average Bonchev–Trinajstić information content (AvgIpc) is 3.18. The van der Waals surface area contributed by atoms with Crippen LogP contribution in [0.1, 0.15) is 50.5 Å². The van der Waals surface area contributed by atoms with Gasteiger partial charge in [-0.05, 0) is 62.6 Å². The second-order valence-corrected chi connectivity index (χ2v) is 6.31. The van der Waals surface area contributed by atoms with Gasteiger partial charge in [-0.2, -0.15) is 0 Å². The van der Waals surface area contributed by atoms with Crippen molar-refractivity contribution in [2.45, 2.75) is 63.2 Å². The molecule has 1 saturated heterocycles. The standard InChI is InChI=1S/C17H24FNO/c1-12-2-9-17(20-12)10-14(11-19-16-7-8-16)13-3-5-15(18)6-4-13/h3-6,12,14,16-17,19H,2,7-11H2,1H3. The van der Waals surface area contributed by atoms with Crippen LogP contribution in [0.2, 0.25) is 0 Å². The number of halogens is 1. The zero-order chi connectivity index (χ0) is 13.9. The number of nitrogens with one attached hydrogen (secondary N) is 1. The van der Waals surface area contributed by atoms with Crippen LogP contribution in [0, 0.1) is 5.82 Å². The van der Waals surface area contributed by atoms with Gasteiger partial charge in [-0.25, -0.2) is 4.39 Å². The SMILES string of the molecule is CC1CCC(CC(CNC2CC2)c2ccc(F)cc2)O1. The lowest BCUT2D eigenvalue weighted by Gasteiger charge is -2.22. The molecule has 3 atom stereocenters. The molecule has 1 N–H and O–H groups in total. The van der Waals surface area contributed by atoms with Crippen molar-refractivity contribution in [1.29, 1.82) is 0 Å². The maximum absolute atomic E-state index is 13.1. The molecule has 1 aliphatic carbocycles. The summed E-state index contributed by atoms with van der Waals surface area (Å²) >= 11 is 0. The molecule has 0 radical (unpaired) electrons. The number of hydrogen-bond donors (Lipinski definition) is 1. The van der Waals surface area contributed by atoms with Crippen molar-refractivity contribution in [3.63, 3.8) is 0 Å². The maximum Gasteiger partial charge on any atom is 0.123 e. The Labute approximate surface area is 120 Å². The third-order valence-corrected chi connectivity index (χ3v) is 4.44. The normalized spacial score (nSPS) is 27.7. The number of benzene rings is 1. The van der Waals surface area contributed by atoms with Crippen molar-refractivity contribution in [2.75, 3.05) is 6.54 Å². The van der Waals surface area contributed by atoms with Gasteiger partial charge in [-0.15, -0.1) is 0 Å². The van der Waals surface area contributed by atoms with Crippen LogP contribution in [0.5, 0.6) is 0 Å². The molecule has 0 spiro atoms. The summed E-state index contributed by atoms with van der Waals surface area (Å²) in [5, 5.41) is 3.61. The smallest absolute Gasteiger partial charge is 0.123 e. The second kappa shape index (κ2) is 6.23. The summed E-state index contributed by atoms with van der Waals surface area (Å²) in [5.41, 5.74) is 1.22. The minimum absolute atomic E-state index is 0.159. The van der Waals surface area contributed by atoms with Gasteiger partial charge in [0.25, 0.3) is 0 Å². The first kappa shape index (κ1) is 14.0. The molecule has 2 nitrogen and oxygen atoms in total. The van der Waals surface area contributed by atoms with E-state index in [1.165, 1.54) is 18.4 Å². The molecule has 110 valence electrons. The van der Waals surface area contributed by atoms with E-state index in [4.69, 9.17) is 4.74 Å². The molecule has 1 aromatic carbocycles. The van der Waals surface area contributed by atoms with E-state index in [0.717, 1.165) is 25.8 Å². The number of ether oxygens (including phenoxy) is 1. The quantitative estimate of drug-likeness (QED) is 0.857. The van der Waals surface area contributed by atoms with Gasteiger partial charge < -0.3 is 10.1 Å². The van der Waals surface area contributed by atoms with Crippen LogP contribution in [-0.2, 0) is 4.74 Å². The summed E-state index contributed by atoms with van der Waals surface area (Å²) in [4.78, 5) is 0. The van der Waals surface area contributed by atoms with Gasteiger partial charge in [-0.3, -0.25) is 0 Å². The first-order chi connectivity index (χ1) is 9.70. The van der Waals surface area contributed by atoms with E-state index in [0.29, 0.717) is 24.2 Å². The summed E-state index contributed by atoms with van der Waals surface area (Å²) in [5.74, 6) is 0.264. The molecule has 1 aromatic rings. The highest BCUT2D eigenvalue weighted by molar-refractivity contribution is 5.21. The van der Waals surface area contributed by atoms with Gasteiger partial charge in [0, 0.05) is 12.6 Å². The van der Waals surface area contributed by atoms with Crippen LogP contribution in [0.15, 0.2) is 24.3 Å². The topological polar surface area (TPSA) is 21.3 Å². The molecule has 1 heterocycles. The van der Waals surface area contributed by atoms with Crippen molar-refractivity contribution < 1.29 is 9.13 Å². The van der Waals surface area contributed by atoms with E-state index in [1.54, 1.807) is 12.1 Å². The minimum Gasteiger partial charge on any atom is -0.375 e. The molecule has 2 aliphatic rings. The van der Waals surface area contributed by atoms with E-state index in [1.807, 2.05) is 12.1 Å². The molecule has 3 heteroatoms. The molecule has 20 heavy (non-hydrogen) atoms. The Morgan fingerprint density at radius 1 is 1.20 bits per heavy atom. The van der Waals surface area contributed by atoms with E-state index < -0.39 is 0 Å². The molecule has 3 rings (SSSR count). The van der Waals surface area contributed by atoms with E-state index in [9.17, 15) is 4.39 Å². The third kappa shape index (κ3) is 3.80. The predicted molar refractivity (Wildman–Crippen MR) is 78.4 cm³/mol. The molecule has 3 unspecified atom stereocenters. The highest BCUT2D eigenvalue weighted by atomic mass is 19.1. The first-order valence-electron chi connectivity index (χ1n) is 7.85. The van der Waals surface area contributed by atoms with Crippen molar-refractivity contribution in [3.05, 3.63) is 35.6 Å². The van der Waals surface area contributed by atoms with Crippen molar-refractivity contribution in [3.8, 4) is 0 Å². The van der Waals surface area contributed by atoms with Gasteiger partial charge in [0.15, 0.2) is 0 Å². The van der Waals surface area contributed by atoms with Gasteiger partial charge in [0.05, 0.1) is 12.2 Å². The number of hydrogen-bond acceptors (Lipinski definition) is 2. The Morgan fingerprint density at radius 2 is 1.95 bits per heavy atom. The summed E-state index contributed by atoms with van der Waals surface area (Å²) in [6.45, 7) is 3.12. The fourth-order valence-electron chi connectivity index (χ4n) is 3.04. The van der Waals surface area contributed by atoms with Gasteiger partial charge in [-0.1, -0.05) is 12.1 Å². The zero-order valence-electron chi connectivity index (χ0n) is 12.1. The van der Waals surface area contributed by atoms with Crippen LogP contribution in [0.4, 0.5) is 4.39 Å². The predicted octanol–water partition coefficient (Wildman–Crippen LogP) is 3.62. The summed E-state index contributed by atoms with van der Waals surface area (Å²) in [6, 6.07) is 7.69. The summed E-state index contributed by atoms with van der Waals surface area (Å²) < 4.78 is 19.0. The maximum atomic E-state index is 13.1. The molecular formula is C17H24FNO. The Hall–Kier alpha value is -0.930. The van der Waals surface area contributed by atoms with E-state index in [2.05, 4.69) is 12.2 Å². The zero-order valence-corrected chi connectivity index (χ0v) is 12.1. The van der Waals surface area contributed by atoms with E-state index in [-0.39, 0.29) is 5.82 Å². The minimum atomic E-state index is -0.159. The largest absolute Gasteiger partial charge is 0.375 e. The van der Waals surface area contributed by atoms with Gasteiger partial charge in [0.1, 0.15) is 5.82 Å². The van der Waals surface area contributed by atoms with Crippen LogP contribution < -0.4 is 5.32 Å². The fourth-order valence-corrected chi connectivity index (χ4v) is 3.04. The number of rotatable bonds is 6. The molecule has 1 aliphatic heterocycles. The highest BCUT2D eigenvalue weighted by Gasteiger charge is 2.27. The van der Waals surface area contributed by atoms with Crippen LogP contribution in [0.25, 0.3) is 0 Å². The lowest BCUT2D eigenvalue weighted by atomic mass is 9.92. The first-order valence-corrected chi connectivity index (χ1v) is 7.85. The molecule has 0 bridgehead atoms. The van der Waals surface area contributed by atoms with Crippen molar-refractivity contribution in [1.82, 2.24) is 5.32 Å². The summed E-state index contributed by atoms with van der Waals surface area (Å²) in [7, 11) is 0. The third-order valence-electron chi connectivity index (χ3n) is 4.44. The van der Waals surface area contributed by atoms with Crippen LogP contribution in [0.3, 0.4) is 0 Å². The molecule has 0 aromatic heterocycles. The lowest BCUT2D eigenvalue weighted by Crippen LogP contribution is -2.26. The van der Waals surface area contributed by atoms with Crippen molar-refractivity contribution in [2.24, 2.45) is 0 Å². The Bertz CT molecular complexity index is 429. The Kier molecular flexibility index (Phi) is 4.37.